The van der Waals surface area contributed by atoms with Gasteiger partial charge in [0.1, 0.15) is 12.1 Å². The molecule has 0 radical (unpaired) electrons. The van der Waals surface area contributed by atoms with Gasteiger partial charge in [0.2, 0.25) is 17.6 Å². The van der Waals surface area contributed by atoms with E-state index in [-0.39, 0.29) is 5.91 Å². The van der Waals surface area contributed by atoms with Crippen LogP contribution in [0.1, 0.15) is 31.8 Å². The Morgan fingerprint density at radius 1 is 1.29 bits per heavy atom. The minimum Gasteiger partial charge on any atom is -0.343 e. The summed E-state index contributed by atoms with van der Waals surface area (Å²) in [5, 5.41) is 11.5. The number of benzene rings is 1. The van der Waals surface area contributed by atoms with Crippen LogP contribution in [-0.4, -0.2) is 25.8 Å². The maximum atomic E-state index is 12.3. The van der Waals surface area contributed by atoms with E-state index in [0.717, 1.165) is 5.56 Å². The number of amides is 1. The van der Waals surface area contributed by atoms with Crippen LogP contribution in [0.3, 0.4) is 0 Å². The summed E-state index contributed by atoms with van der Waals surface area (Å²) >= 11 is 5.87. The van der Waals surface area contributed by atoms with Gasteiger partial charge in [-0.2, -0.15) is 10.1 Å². The zero-order valence-electron chi connectivity index (χ0n) is 13.2. The van der Waals surface area contributed by atoms with Gasteiger partial charge >= 0.3 is 0 Å². The van der Waals surface area contributed by atoms with Gasteiger partial charge in [-0.3, -0.25) is 9.48 Å². The molecule has 1 N–H and O–H groups in total. The summed E-state index contributed by atoms with van der Waals surface area (Å²) in [6, 6.07) is 8.04. The molecule has 0 fully saturated rings. The van der Waals surface area contributed by atoms with E-state index in [0.29, 0.717) is 16.7 Å². The molecule has 0 aliphatic heterocycles. The van der Waals surface area contributed by atoms with Gasteiger partial charge in [0.15, 0.2) is 0 Å². The Bertz CT molecular complexity index is 813. The summed E-state index contributed by atoms with van der Waals surface area (Å²) in [4.78, 5) is 16.6. The van der Waals surface area contributed by atoms with Crippen molar-refractivity contribution in [2.24, 2.45) is 0 Å². The third kappa shape index (κ3) is 3.46. The van der Waals surface area contributed by atoms with Crippen molar-refractivity contribution in [3.63, 3.8) is 0 Å². The lowest BCUT2D eigenvalue weighted by Gasteiger charge is -2.15. The fraction of sp³-hybridized carbons (Fsp3) is 0.250. The van der Waals surface area contributed by atoms with Crippen molar-refractivity contribution in [2.75, 3.05) is 0 Å². The van der Waals surface area contributed by atoms with Gasteiger partial charge in [0, 0.05) is 23.0 Å². The maximum Gasteiger partial charge on any atom is 0.249 e. The fourth-order valence-corrected chi connectivity index (χ4v) is 2.28. The zero-order valence-corrected chi connectivity index (χ0v) is 13.9. The van der Waals surface area contributed by atoms with Gasteiger partial charge in [-0.1, -0.05) is 16.8 Å². The summed E-state index contributed by atoms with van der Waals surface area (Å²) in [5.74, 6) is 0.598. The molecule has 24 heavy (non-hydrogen) atoms. The van der Waals surface area contributed by atoms with E-state index < -0.39 is 12.1 Å². The number of nitrogens with zero attached hydrogens (tertiary/aromatic N) is 4. The Kier molecular flexibility index (Phi) is 4.61. The summed E-state index contributed by atoms with van der Waals surface area (Å²) in [5.41, 5.74) is 0.790. The van der Waals surface area contributed by atoms with Crippen molar-refractivity contribution in [2.45, 2.75) is 25.9 Å². The van der Waals surface area contributed by atoms with Crippen molar-refractivity contribution >= 4 is 17.5 Å². The minimum absolute atomic E-state index is 0.183. The molecule has 124 valence electrons. The second-order valence-corrected chi connectivity index (χ2v) is 5.79. The highest BCUT2D eigenvalue weighted by Crippen LogP contribution is 2.21. The molecule has 1 amide bonds. The summed E-state index contributed by atoms with van der Waals surface area (Å²) < 4.78 is 6.83. The van der Waals surface area contributed by atoms with Crippen molar-refractivity contribution in [1.29, 1.82) is 0 Å². The first kappa shape index (κ1) is 16.2. The summed E-state index contributed by atoms with van der Waals surface area (Å²) in [7, 11) is 0. The van der Waals surface area contributed by atoms with Gasteiger partial charge in [-0.25, -0.2) is 0 Å². The average Bonchev–Trinajstić information content (AvgIpc) is 3.26. The van der Waals surface area contributed by atoms with Crippen LogP contribution in [0.5, 0.6) is 0 Å². The van der Waals surface area contributed by atoms with Gasteiger partial charge in [0.05, 0.1) is 0 Å². The lowest BCUT2D eigenvalue weighted by atomic mass is 10.2. The Morgan fingerprint density at radius 3 is 2.71 bits per heavy atom. The first-order chi connectivity index (χ1) is 11.5. The molecule has 0 saturated carbocycles. The number of nitrogens with one attached hydrogen (secondary N) is 1. The SMILES string of the molecule is C[C@@H](NC(=O)[C@H](C)n1cccn1)c1nc(-c2ccc(Cl)cc2)no1. The smallest absolute Gasteiger partial charge is 0.249 e. The highest BCUT2D eigenvalue weighted by atomic mass is 35.5. The number of rotatable bonds is 5. The molecule has 0 aliphatic carbocycles. The second-order valence-electron chi connectivity index (χ2n) is 5.36. The number of carbonyl (C=O) groups is 1. The number of aromatic nitrogens is 4. The highest BCUT2D eigenvalue weighted by molar-refractivity contribution is 6.30. The van der Waals surface area contributed by atoms with Crippen molar-refractivity contribution in [3.05, 3.63) is 53.6 Å². The van der Waals surface area contributed by atoms with E-state index in [4.69, 9.17) is 16.1 Å². The molecule has 3 aromatic rings. The number of carbonyl (C=O) groups excluding carboxylic acids is 1. The standard InChI is InChI=1S/C16H16ClN5O2/c1-10(19-15(23)11(2)22-9-3-8-18-22)16-20-14(21-24-16)12-4-6-13(17)7-5-12/h3-11H,1-2H3,(H,19,23)/t10-,11+/m1/s1. The molecule has 2 aromatic heterocycles. The minimum atomic E-state index is -0.430. The van der Waals surface area contributed by atoms with Gasteiger partial charge < -0.3 is 9.84 Å². The second kappa shape index (κ2) is 6.84. The van der Waals surface area contributed by atoms with Crippen LogP contribution in [0.25, 0.3) is 11.4 Å². The van der Waals surface area contributed by atoms with Crippen molar-refractivity contribution in [1.82, 2.24) is 25.2 Å². The third-order valence-electron chi connectivity index (χ3n) is 3.57. The Labute approximate surface area is 143 Å². The van der Waals surface area contributed by atoms with Crippen LogP contribution in [0.15, 0.2) is 47.2 Å². The third-order valence-corrected chi connectivity index (χ3v) is 3.83. The molecule has 2 heterocycles. The molecule has 2 atom stereocenters. The zero-order chi connectivity index (χ0) is 17.1. The Hall–Kier alpha value is -2.67. The Balaban J connectivity index is 1.68. The van der Waals surface area contributed by atoms with Crippen molar-refractivity contribution in [3.8, 4) is 11.4 Å². The molecule has 1 aromatic carbocycles. The van der Waals surface area contributed by atoms with E-state index >= 15 is 0 Å². The van der Waals surface area contributed by atoms with Gasteiger partial charge in [0.25, 0.3) is 0 Å². The van der Waals surface area contributed by atoms with Crippen LogP contribution in [-0.2, 0) is 4.79 Å². The predicted molar refractivity (Wildman–Crippen MR) is 88.2 cm³/mol. The molecule has 0 aliphatic rings. The van der Waals surface area contributed by atoms with E-state index in [1.165, 1.54) is 0 Å². The topological polar surface area (TPSA) is 85.8 Å². The largest absolute Gasteiger partial charge is 0.343 e. The van der Waals surface area contributed by atoms with E-state index in [9.17, 15) is 4.79 Å². The first-order valence-corrected chi connectivity index (χ1v) is 7.81. The highest BCUT2D eigenvalue weighted by Gasteiger charge is 2.21. The normalized spacial score (nSPS) is 13.5. The predicted octanol–water partition coefficient (Wildman–Crippen LogP) is 3.02. The van der Waals surface area contributed by atoms with Crippen LogP contribution >= 0.6 is 11.6 Å². The molecule has 0 unspecified atom stereocenters. The molecule has 0 bridgehead atoms. The average molecular weight is 346 g/mol. The first-order valence-electron chi connectivity index (χ1n) is 7.43. The van der Waals surface area contributed by atoms with Crippen LogP contribution in [0, 0.1) is 0 Å². The lowest BCUT2D eigenvalue weighted by molar-refractivity contribution is -0.125. The molecule has 8 heteroatoms. The molecular weight excluding hydrogens is 330 g/mol. The van der Waals surface area contributed by atoms with Gasteiger partial charge in [-0.05, 0) is 44.2 Å². The van der Waals surface area contributed by atoms with E-state index in [1.807, 2.05) is 0 Å². The number of hydrogen-bond acceptors (Lipinski definition) is 5. The number of hydrogen-bond donors (Lipinski definition) is 1. The number of halogens is 1. The summed E-state index contributed by atoms with van der Waals surface area (Å²) in [6.07, 6.45) is 3.36. The molecular formula is C16H16ClN5O2. The molecule has 7 nitrogen and oxygen atoms in total. The van der Waals surface area contributed by atoms with Crippen molar-refractivity contribution < 1.29 is 9.32 Å². The molecule has 3 rings (SSSR count). The Morgan fingerprint density at radius 2 is 2.04 bits per heavy atom. The maximum absolute atomic E-state index is 12.3. The summed E-state index contributed by atoms with van der Waals surface area (Å²) in [6.45, 7) is 3.55. The quantitative estimate of drug-likeness (QED) is 0.768. The molecule has 0 spiro atoms. The van der Waals surface area contributed by atoms with E-state index in [1.54, 1.807) is 61.3 Å². The lowest BCUT2D eigenvalue weighted by Crippen LogP contribution is -2.33. The van der Waals surface area contributed by atoms with E-state index in [2.05, 4.69) is 20.6 Å². The van der Waals surface area contributed by atoms with Crippen LogP contribution in [0.2, 0.25) is 5.02 Å². The monoisotopic (exact) mass is 345 g/mol. The molecule has 0 saturated heterocycles. The van der Waals surface area contributed by atoms with Crippen LogP contribution in [0.4, 0.5) is 0 Å². The van der Waals surface area contributed by atoms with Crippen LogP contribution < -0.4 is 5.32 Å². The van der Waals surface area contributed by atoms with Gasteiger partial charge in [-0.15, -0.1) is 0 Å². The fourth-order valence-electron chi connectivity index (χ4n) is 2.15.